The summed E-state index contributed by atoms with van der Waals surface area (Å²) in [6.45, 7) is 0. The maximum absolute atomic E-state index is 5.70. The maximum Gasteiger partial charge on any atom is 0.153 e. The van der Waals surface area contributed by atoms with Crippen molar-refractivity contribution in [3.63, 3.8) is 0 Å². The minimum absolute atomic E-state index is 0.620. The van der Waals surface area contributed by atoms with Gasteiger partial charge in [-0.3, -0.25) is 0 Å². The highest BCUT2D eigenvalue weighted by molar-refractivity contribution is 9.10. The van der Waals surface area contributed by atoms with Crippen LogP contribution in [0.4, 0.5) is 0 Å². The molecule has 2 rings (SSSR count). The van der Waals surface area contributed by atoms with Crippen LogP contribution in [0, 0.1) is 0 Å². The minimum atomic E-state index is 0.620. The lowest BCUT2D eigenvalue weighted by atomic mass is 10.5. The largest absolute Gasteiger partial charge is 0.236 e. The lowest BCUT2D eigenvalue weighted by Crippen LogP contribution is -1.96. The van der Waals surface area contributed by atoms with Gasteiger partial charge in [-0.05, 0) is 28.1 Å². The van der Waals surface area contributed by atoms with E-state index in [1.807, 2.05) is 12.3 Å². The van der Waals surface area contributed by atoms with Crippen molar-refractivity contribution in [3.8, 4) is 5.82 Å². The van der Waals surface area contributed by atoms with Gasteiger partial charge in [-0.15, -0.1) is 0 Å². The monoisotopic (exact) mass is 257 g/mol. The Kier molecular flexibility index (Phi) is 2.33. The fourth-order valence-electron chi connectivity index (χ4n) is 0.930. The van der Waals surface area contributed by atoms with Crippen molar-refractivity contribution in [3.05, 3.63) is 40.2 Å². The molecule has 0 amide bonds. The van der Waals surface area contributed by atoms with E-state index in [0.29, 0.717) is 5.02 Å². The van der Waals surface area contributed by atoms with Gasteiger partial charge in [0.05, 0.1) is 15.7 Å². The van der Waals surface area contributed by atoms with Crippen LogP contribution in [-0.4, -0.2) is 14.8 Å². The summed E-state index contributed by atoms with van der Waals surface area (Å²) in [7, 11) is 0. The highest BCUT2D eigenvalue weighted by atomic mass is 79.9. The summed E-state index contributed by atoms with van der Waals surface area (Å²) < 4.78 is 2.59. The smallest absolute Gasteiger partial charge is 0.153 e. The molecule has 5 heteroatoms. The van der Waals surface area contributed by atoms with Crippen LogP contribution in [0.1, 0.15) is 0 Å². The zero-order chi connectivity index (χ0) is 9.26. The van der Waals surface area contributed by atoms with Gasteiger partial charge in [0.1, 0.15) is 0 Å². The Labute approximate surface area is 88.5 Å². The number of aromatic nitrogens is 3. The molecule has 2 aromatic heterocycles. The number of hydrogen-bond donors (Lipinski definition) is 0. The highest BCUT2D eigenvalue weighted by Crippen LogP contribution is 2.12. The van der Waals surface area contributed by atoms with Gasteiger partial charge in [-0.2, -0.15) is 5.10 Å². The summed E-state index contributed by atoms with van der Waals surface area (Å²) in [4.78, 5) is 4.11. The van der Waals surface area contributed by atoms with Crippen molar-refractivity contribution >= 4 is 27.5 Å². The van der Waals surface area contributed by atoms with E-state index in [0.717, 1.165) is 10.3 Å². The average Bonchev–Trinajstić information content (AvgIpc) is 2.53. The van der Waals surface area contributed by atoms with Crippen LogP contribution in [0.2, 0.25) is 5.02 Å². The molecule has 0 spiro atoms. The molecule has 0 fully saturated rings. The third-order valence-corrected chi connectivity index (χ3v) is 2.13. The number of nitrogens with zero attached hydrogens (tertiary/aromatic N) is 3. The van der Waals surface area contributed by atoms with Crippen molar-refractivity contribution in [1.82, 2.24) is 14.8 Å². The zero-order valence-corrected chi connectivity index (χ0v) is 8.83. The molecule has 2 aromatic rings. The van der Waals surface area contributed by atoms with Crippen molar-refractivity contribution in [2.45, 2.75) is 0 Å². The van der Waals surface area contributed by atoms with Crippen molar-refractivity contribution in [1.29, 1.82) is 0 Å². The van der Waals surface area contributed by atoms with E-state index in [9.17, 15) is 0 Å². The molecule has 0 aliphatic carbocycles. The molecule has 66 valence electrons. The number of pyridine rings is 1. The summed E-state index contributed by atoms with van der Waals surface area (Å²) in [5.41, 5.74) is 0. The highest BCUT2D eigenvalue weighted by Gasteiger charge is 1.98. The van der Waals surface area contributed by atoms with Crippen LogP contribution in [0.15, 0.2) is 35.2 Å². The van der Waals surface area contributed by atoms with E-state index in [4.69, 9.17) is 11.6 Å². The molecular weight excluding hydrogens is 253 g/mol. The fraction of sp³-hybridized carbons (Fsp3) is 0. The fourth-order valence-corrected chi connectivity index (χ4v) is 1.33. The molecule has 0 radical (unpaired) electrons. The van der Waals surface area contributed by atoms with Gasteiger partial charge in [0.25, 0.3) is 0 Å². The molecule has 0 aliphatic rings. The van der Waals surface area contributed by atoms with Crippen LogP contribution < -0.4 is 0 Å². The molecule has 0 saturated heterocycles. The standard InChI is InChI=1S/C8H5BrClN3/c9-6-3-12-13(5-6)8-2-1-7(10)4-11-8/h1-5H. The van der Waals surface area contributed by atoms with Gasteiger partial charge in [0.15, 0.2) is 5.82 Å². The lowest BCUT2D eigenvalue weighted by molar-refractivity contribution is 0.847. The van der Waals surface area contributed by atoms with E-state index in [1.54, 1.807) is 23.1 Å². The van der Waals surface area contributed by atoms with E-state index in [-0.39, 0.29) is 0 Å². The molecule has 2 heterocycles. The first-order chi connectivity index (χ1) is 6.25. The van der Waals surface area contributed by atoms with Gasteiger partial charge in [-0.1, -0.05) is 11.6 Å². The van der Waals surface area contributed by atoms with Crippen LogP contribution in [0.25, 0.3) is 5.82 Å². The van der Waals surface area contributed by atoms with Crippen molar-refractivity contribution in [2.24, 2.45) is 0 Å². The molecule has 3 nitrogen and oxygen atoms in total. The van der Waals surface area contributed by atoms with E-state index in [2.05, 4.69) is 26.0 Å². The van der Waals surface area contributed by atoms with Gasteiger partial charge >= 0.3 is 0 Å². The summed E-state index contributed by atoms with van der Waals surface area (Å²) in [5, 5.41) is 4.70. The van der Waals surface area contributed by atoms with Crippen molar-refractivity contribution in [2.75, 3.05) is 0 Å². The topological polar surface area (TPSA) is 30.7 Å². The van der Waals surface area contributed by atoms with Gasteiger partial charge in [0.2, 0.25) is 0 Å². The second-order valence-corrected chi connectivity index (χ2v) is 3.79. The number of halogens is 2. The van der Waals surface area contributed by atoms with Crippen LogP contribution in [0.3, 0.4) is 0 Å². The molecule has 0 atom stereocenters. The van der Waals surface area contributed by atoms with E-state index < -0.39 is 0 Å². The predicted molar refractivity (Wildman–Crippen MR) is 54.1 cm³/mol. The van der Waals surface area contributed by atoms with E-state index in [1.165, 1.54) is 0 Å². The predicted octanol–water partition coefficient (Wildman–Crippen LogP) is 2.68. The van der Waals surface area contributed by atoms with Gasteiger partial charge < -0.3 is 0 Å². The number of rotatable bonds is 1. The Hall–Kier alpha value is -0.870. The summed E-state index contributed by atoms with van der Waals surface area (Å²) >= 11 is 9.01. The normalized spacial score (nSPS) is 10.3. The maximum atomic E-state index is 5.70. The average molecular weight is 259 g/mol. The summed E-state index contributed by atoms with van der Waals surface area (Å²) in [5.74, 6) is 0.745. The Morgan fingerprint density at radius 1 is 1.31 bits per heavy atom. The lowest BCUT2D eigenvalue weighted by Gasteiger charge is -1.98. The Bertz CT molecular complexity index is 410. The molecule has 0 bridgehead atoms. The van der Waals surface area contributed by atoms with Crippen LogP contribution in [0.5, 0.6) is 0 Å². The SMILES string of the molecule is Clc1ccc(-n2cc(Br)cn2)nc1. The molecular formula is C8H5BrClN3. The molecule has 0 unspecified atom stereocenters. The molecule has 0 saturated carbocycles. The third kappa shape index (κ3) is 1.89. The quantitative estimate of drug-likeness (QED) is 0.787. The van der Waals surface area contributed by atoms with Crippen LogP contribution >= 0.6 is 27.5 Å². The molecule has 13 heavy (non-hydrogen) atoms. The summed E-state index contributed by atoms with van der Waals surface area (Å²) in [6, 6.07) is 3.58. The van der Waals surface area contributed by atoms with E-state index >= 15 is 0 Å². The van der Waals surface area contributed by atoms with Crippen LogP contribution in [-0.2, 0) is 0 Å². The third-order valence-electron chi connectivity index (χ3n) is 1.50. The van der Waals surface area contributed by atoms with Gasteiger partial charge in [-0.25, -0.2) is 9.67 Å². The molecule has 0 aromatic carbocycles. The first-order valence-corrected chi connectivity index (χ1v) is 4.75. The van der Waals surface area contributed by atoms with Gasteiger partial charge in [0, 0.05) is 12.4 Å². The Morgan fingerprint density at radius 3 is 2.69 bits per heavy atom. The first kappa shape index (κ1) is 8.72. The zero-order valence-electron chi connectivity index (χ0n) is 6.48. The Balaban J connectivity index is 2.41. The number of hydrogen-bond acceptors (Lipinski definition) is 2. The first-order valence-electron chi connectivity index (χ1n) is 3.58. The minimum Gasteiger partial charge on any atom is -0.236 e. The second-order valence-electron chi connectivity index (χ2n) is 2.44. The Morgan fingerprint density at radius 2 is 2.15 bits per heavy atom. The molecule has 0 N–H and O–H groups in total. The van der Waals surface area contributed by atoms with Crippen molar-refractivity contribution < 1.29 is 0 Å². The molecule has 0 aliphatic heterocycles. The second kappa shape index (κ2) is 3.47. The summed E-state index contributed by atoms with van der Waals surface area (Å²) in [6.07, 6.45) is 5.12.